The molecule has 1 aliphatic rings. The molecule has 1 aliphatic heterocycles. The lowest BCUT2D eigenvalue weighted by Crippen LogP contribution is -2.40. The minimum absolute atomic E-state index is 0.382. The number of aliphatic hydroxyl groups is 1. The number of carbonyl (C=O) groups excluding carboxylic acids is 2. The number of esters is 2. The summed E-state index contributed by atoms with van der Waals surface area (Å²) < 4.78 is 18.7. The van der Waals surface area contributed by atoms with Gasteiger partial charge in [-0.15, -0.1) is 0 Å². The molecule has 3 aromatic carbocycles. The summed E-state index contributed by atoms with van der Waals surface area (Å²) in [7, 11) is 0. The van der Waals surface area contributed by atoms with Gasteiger partial charge in [-0.2, -0.15) is 0 Å². The number of hydrogen-bond acceptors (Lipinski definition) is 10. The van der Waals surface area contributed by atoms with Crippen molar-refractivity contribution in [3.63, 3.8) is 0 Å². The number of hydrogen-bond donors (Lipinski definition) is 2. The number of rotatable bonds is 9. The maximum Gasteiger partial charge on any atom is 0.303 e. The van der Waals surface area contributed by atoms with Gasteiger partial charge in [0.2, 0.25) is 0 Å². The van der Waals surface area contributed by atoms with Gasteiger partial charge in [0, 0.05) is 13.8 Å². The fourth-order valence-corrected chi connectivity index (χ4v) is 5.82. The molecule has 2 aromatic heterocycles. The van der Waals surface area contributed by atoms with Crippen LogP contribution in [0.5, 0.6) is 0 Å². The van der Waals surface area contributed by atoms with Crippen molar-refractivity contribution in [1.82, 2.24) is 19.5 Å². The van der Waals surface area contributed by atoms with Crippen LogP contribution in [0.1, 0.15) is 36.8 Å². The molecule has 1 saturated heterocycles. The Kier molecular flexibility index (Phi) is 8.05. The van der Waals surface area contributed by atoms with Gasteiger partial charge in [0.25, 0.3) is 0 Å². The molecule has 6 rings (SSSR count). The van der Waals surface area contributed by atoms with Crippen molar-refractivity contribution in [3.05, 3.63) is 120 Å². The van der Waals surface area contributed by atoms with Gasteiger partial charge < -0.3 is 24.6 Å². The predicted molar refractivity (Wildman–Crippen MR) is 160 cm³/mol. The van der Waals surface area contributed by atoms with Gasteiger partial charge in [-0.05, 0) is 16.7 Å². The van der Waals surface area contributed by atoms with Gasteiger partial charge in [-0.25, -0.2) is 15.0 Å². The molecule has 0 amide bonds. The van der Waals surface area contributed by atoms with E-state index in [0.717, 1.165) is 16.7 Å². The van der Waals surface area contributed by atoms with Crippen molar-refractivity contribution in [3.8, 4) is 0 Å². The van der Waals surface area contributed by atoms with E-state index < -0.39 is 48.6 Å². The number of nitrogens with one attached hydrogen (secondary N) is 1. The Morgan fingerprint density at radius 2 is 1.34 bits per heavy atom. The zero-order valence-electron chi connectivity index (χ0n) is 24.1. The van der Waals surface area contributed by atoms with Crippen molar-refractivity contribution in [2.24, 2.45) is 0 Å². The van der Waals surface area contributed by atoms with Crippen molar-refractivity contribution in [1.29, 1.82) is 0 Å². The van der Waals surface area contributed by atoms with Crippen LogP contribution >= 0.6 is 0 Å². The zero-order valence-corrected chi connectivity index (χ0v) is 24.1. The number of fused-ring (bicyclic) bond motifs is 1. The molecule has 11 nitrogen and oxygen atoms in total. The maximum atomic E-state index is 12.1. The first-order chi connectivity index (χ1) is 21.4. The third-order valence-corrected chi connectivity index (χ3v) is 7.63. The van der Waals surface area contributed by atoms with Crippen molar-refractivity contribution in [2.75, 3.05) is 11.9 Å². The molecule has 0 bridgehead atoms. The normalized spacial score (nSPS) is 19.9. The van der Waals surface area contributed by atoms with Crippen LogP contribution in [-0.4, -0.2) is 61.5 Å². The number of nitrogens with zero attached hydrogens (tertiary/aromatic N) is 4. The molecule has 11 heteroatoms. The summed E-state index contributed by atoms with van der Waals surface area (Å²) in [6, 6.07) is 30.2. The molecule has 3 heterocycles. The Hall–Kier alpha value is -5.13. The number of ether oxygens (including phenoxy) is 3. The van der Waals surface area contributed by atoms with Gasteiger partial charge in [-0.1, -0.05) is 91.0 Å². The summed E-state index contributed by atoms with van der Waals surface area (Å²) in [5.41, 5.74) is 2.88. The van der Waals surface area contributed by atoms with Gasteiger partial charge in [0.15, 0.2) is 35.4 Å². The number of anilines is 1. The van der Waals surface area contributed by atoms with Crippen LogP contribution in [0, 0.1) is 0 Å². The summed E-state index contributed by atoms with van der Waals surface area (Å²) in [5.74, 6) is -0.750. The molecular formula is C33H31N5O6. The highest BCUT2D eigenvalue weighted by Crippen LogP contribution is 2.41. The summed E-state index contributed by atoms with van der Waals surface area (Å²) in [6.45, 7) is 2.03. The lowest BCUT2D eigenvalue weighted by molar-refractivity contribution is -0.165. The first-order valence-corrected chi connectivity index (χ1v) is 14.2. The fourth-order valence-electron chi connectivity index (χ4n) is 5.82. The van der Waals surface area contributed by atoms with Gasteiger partial charge in [-0.3, -0.25) is 14.2 Å². The Morgan fingerprint density at radius 3 is 1.84 bits per heavy atom. The van der Waals surface area contributed by atoms with Crippen LogP contribution in [0.4, 0.5) is 5.82 Å². The van der Waals surface area contributed by atoms with Crippen molar-refractivity contribution in [2.45, 2.75) is 43.9 Å². The quantitative estimate of drug-likeness (QED) is 0.191. The Balaban J connectivity index is 1.49. The lowest BCUT2D eigenvalue weighted by Gasteiger charge is -2.37. The number of benzene rings is 3. The Bertz CT molecular complexity index is 1650. The van der Waals surface area contributed by atoms with E-state index in [9.17, 15) is 14.7 Å². The van der Waals surface area contributed by atoms with E-state index in [1.807, 2.05) is 54.6 Å². The van der Waals surface area contributed by atoms with Crippen LogP contribution < -0.4 is 5.32 Å². The minimum atomic E-state index is -1.06. The maximum absolute atomic E-state index is 12.1. The van der Waals surface area contributed by atoms with Crippen LogP contribution in [0.3, 0.4) is 0 Å². The number of aromatic nitrogens is 4. The lowest BCUT2D eigenvalue weighted by atomic mass is 9.77. The molecule has 0 saturated carbocycles. The van der Waals surface area contributed by atoms with E-state index in [0.29, 0.717) is 17.0 Å². The topological polar surface area (TPSA) is 138 Å². The number of imidazole rings is 1. The molecule has 224 valence electrons. The summed E-state index contributed by atoms with van der Waals surface area (Å²) in [6.07, 6.45) is -1.11. The molecular weight excluding hydrogens is 562 g/mol. The van der Waals surface area contributed by atoms with E-state index in [4.69, 9.17) is 14.2 Å². The number of carbonyl (C=O) groups is 2. The van der Waals surface area contributed by atoms with Crippen LogP contribution in [-0.2, 0) is 29.3 Å². The Morgan fingerprint density at radius 1 is 0.818 bits per heavy atom. The average molecular weight is 594 g/mol. The van der Waals surface area contributed by atoms with Crippen LogP contribution in [0.15, 0.2) is 104 Å². The van der Waals surface area contributed by atoms with Gasteiger partial charge in [0.05, 0.1) is 12.9 Å². The van der Waals surface area contributed by atoms with Gasteiger partial charge >= 0.3 is 11.9 Å². The highest BCUT2D eigenvalue weighted by Gasteiger charge is 2.50. The van der Waals surface area contributed by atoms with Gasteiger partial charge in [0.1, 0.15) is 18.0 Å². The summed E-state index contributed by atoms with van der Waals surface area (Å²) in [4.78, 5) is 37.8. The fraction of sp³-hybridized carbons (Fsp3) is 0.242. The van der Waals surface area contributed by atoms with E-state index in [1.54, 1.807) is 4.57 Å². The largest absolute Gasteiger partial charge is 0.456 e. The molecule has 2 N–H and O–H groups in total. The smallest absolute Gasteiger partial charge is 0.303 e. The van der Waals surface area contributed by atoms with Crippen molar-refractivity contribution >= 4 is 28.9 Å². The first-order valence-electron chi connectivity index (χ1n) is 14.2. The number of aliphatic hydroxyl groups excluding tert-OH is 1. The molecule has 0 unspecified atom stereocenters. The molecule has 5 aromatic rings. The van der Waals surface area contributed by atoms with Crippen LogP contribution in [0.25, 0.3) is 11.2 Å². The molecule has 0 radical (unpaired) electrons. The molecule has 44 heavy (non-hydrogen) atoms. The minimum Gasteiger partial charge on any atom is -0.456 e. The second kappa shape index (κ2) is 12.2. The molecule has 4 atom stereocenters. The molecule has 1 fully saturated rings. The van der Waals surface area contributed by atoms with E-state index in [2.05, 4.69) is 56.7 Å². The SMILES string of the molecule is CC(=O)O[C@@H]1[C@H](OC(C)=O)[C@@H](CO)O[C@H]1n1cnc2c(NC(c3ccccc3)(c3ccccc3)c3ccccc3)ncnc21. The second-order valence-electron chi connectivity index (χ2n) is 10.4. The second-order valence-corrected chi connectivity index (χ2v) is 10.4. The first kappa shape index (κ1) is 29.0. The predicted octanol–water partition coefficient (Wildman–Crippen LogP) is 3.98. The third-order valence-electron chi connectivity index (χ3n) is 7.63. The standard InChI is InChI=1S/C33H31N5O6/c1-21(40)42-28-26(18-39)44-32(29(28)43-22(2)41)38-20-36-27-30(34-19-35-31(27)38)37-33(23-12-6-3-7-13-23,24-14-8-4-9-15-24)25-16-10-5-11-17-25/h3-17,19-20,26,28-29,32,39H,18H2,1-2H3,(H,34,35,37)/t26-,28-,29-,32-/m1/s1. The van der Waals surface area contributed by atoms with Crippen LogP contribution in [0.2, 0.25) is 0 Å². The third kappa shape index (κ3) is 5.27. The highest BCUT2D eigenvalue weighted by molar-refractivity contribution is 5.84. The zero-order chi connectivity index (χ0) is 30.7. The molecule has 0 aliphatic carbocycles. The highest BCUT2D eigenvalue weighted by atomic mass is 16.6. The molecule has 0 spiro atoms. The van der Waals surface area contributed by atoms with E-state index >= 15 is 0 Å². The van der Waals surface area contributed by atoms with E-state index in [-0.39, 0.29) is 0 Å². The van der Waals surface area contributed by atoms with E-state index in [1.165, 1.54) is 26.5 Å². The average Bonchev–Trinajstić information content (AvgIpc) is 3.62. The summed E-state index contributed by atoms with van der Waals surface area (Å²) in [5, 5.41) is 13.7. The monoisotopic (exact) mass is 593 g/mol. The summed E-state index contributed by atoms with van der Waals surface area (Å²) >= 11 is 0. The Labute approximate surface area is 253 Å². The van der Waals surface area contributed by atoms with Crippen molar-refractivity contribution < 1.29 is 28.9 Å².